The van der Waals surface area contributed by atoms with Gasteiger partial charge in [0.1, 0.15) is 5.75 Å². The van der Waals surface area contributed by atoms with Gasteiger partial charge in [-0.1, -0.05) is 11.6 Å². The van der Waals surface area contributed by atoms with Crippen LogP contribution >= 0.6 is 11.6 Å². The minimum Gasteiger partial charge on any atom is -0.480 e. The highest BCUT2D eigenvalue weighted by atomic mass is 35.5. The number of nitrogens with zero attached hydrogens (tertiary/aromatic N) is 3. The molecule has 3 saturated carbocycles. The van der Waals surface area contributed by atoms with Gasteiger partial charge in [0.05, 0.1) is 30.1 Å². The fourth-order valence-corrected chi connectivity index (χ4v) is 6.05. The maximum atomic E-state index is 12.9. The number of nitrogens with one attached hydrogen (secondary N) is 1. The zero-order chi connectivity index (χ0) is 24.6. The van der Waals surface area contributed by atoms with Crippen molar-refractivity contribution in [2.75, 3.05) is 24.6 Å². The molecule has 4 fully saturated rings. The third kappa shape index (κ3) is 4.03. The van der Waals surface area contributed by atoms with E-state index in [9.17, 15) is 23.1 Å². The highest BCUT2D eigenvalue weighted by Crippen LogP contribution is 2.65. The lowest BCUT2D eigenvalue weighted by molar-refractivity contribution is -0.328. The van der Waals surface area contributed by atoms with E-state index in [-0.39, 0.29) is 35.9 Å². The summed E-state index contributed by atoms with van der Waals surface area (Å²) < 4.78 is 48.2. The molecule has 2 atom stereocenters. The zero-order valence-corrected chi connectivity index (χ0v) is 19.3. The first-order valence-corrected chi connectivity index (χ1v) is 11.9. The molecule has 12 heteroatoms. The maximum absolute atomic E-state index is 12.9. The van der Waals surface area contributed by atoms with Gasteiger partial charge in [-0.15, -0.1) is 13.2 Å². The normalized spacial score (nSPS) is 31.5. The molecule has 1 saturated heterocycles. The van der Waals surface area contributed by atoms with Crippen LogP contribution in [-0.2, 0) is 15.1 Å². The Labute approximate surface area is 203 Å². The summed E-state index contributed by atoms with van der Waals surface area (Å²) in [7, 11) is 0. The molecule has 2 aliphatic heterocycles. The number of benzene rings is 1. The number of carbonyl (C=O) groups is 1. The Morgan fingerprint density at radius 3 is 2.77 bits per heavy atom. The van der Waals surface area contributed by atoms with E-state index in [4.69, 9.17) is 16.3 Å². The number of ether oxygens (including phenoxy) is 2. The molecule has 2 N–H and O–H groups in total. The molecule has 3 heterocycles. The number of rotatable bonds is 6. The molecule has 1 amide bonds. The fraction of sp³-hybridized carbons (Fsp3) is 0.565. The van der Waals surface area contributed by atoms with Crippen LogP contribution in [0.5, 0.6) is 5.75 Å². The van der Waals surface area contributed by atoms with Crippen LogP contribution < -0.4 is 15.0 Å². The number of hydrogen-bond acceptors (Lipinski definition) is 6. The van der Waals surface area contributed by atoms with E-state index in [2.05, 4.69) is 15.2 Å². The average Bonchev–Trinajstić information content (AvgIpc) is 3.17. The van der Waals surface area contributed by atoms with Crippen molar-refractivity contribution in [1.82, 2.24) is 15.1 Å². The van der Waals surface area contributed by atoms with Crippen LogP contribution in [0.2, 0.25) is 5.02 Å². The number of aliphatic hydroxyl groups is 1. The summed E-state index contributed by atoms with van der Waals surface area (Å²) in [5, 5.41) is 18.5. The minimum absolute atomic E-state index is 0.147. The van der Waals surface area contributed by atoms with Crippen molar-refractivity contribution in [3.63, 3.8) is 0 Å². The third-order valence-electron chi connectivity index (χ3n) is 7.58. The zero-order valence-electron chi connectivity index (χ0n) is 18.6. The quantitative estimate of drug-likeness (QED) is 0.618. The van der Waals surface area contributed by atoms with Crippen LogP contribution in [0.25, 0.3) is 0 Å². The van der Waals surface area contributed by atoms with Crippen LogP contribution in [0.3, 0.4) is 0 Å². The first-order valence-electron chi connectivity index (χ1n) is 11.5. The number of alkyl halides is 3. The van der Waals surface area contributed by atoms with Crippen molar-refractivity contribution in [2.24, 2.45) is 5.92 Å². The molecule has 35 heavy (non-hydrogen) atoms. The van der Waals surface area contributed by atoms with Crippen molar-refractivity contribution < 1.29 is 32.5 Å². The molecule has 5 aliphatic rings. The van der Waals surface area contributed by atoms with Crippen LogP contribution in [0.4, 0.5) is 18.9 Å². The van der Waals surface area contributed by atoms with E-state index in [0.29, 0.717) is 29.4 Å². The summed E-state index contributed by atoms with van der Waals surface area (Å²) in [5.74, 6) is 0.0642. The van der Waals surface area contributed by atoms with Gasteiger partial charge in [-0.2, -0.15) is 5.10 Å². The van der Waals surface area contributed by atoms with E-state index >= 15 is 0 Å². The lowest BCUT2D eigenvalue weighted by atomic mass is 9.44. The van der Waals surface area contributed by atoms with Crippen molar-refractivity contribution in [3.8, 4) is 5.75 Å². The van der Waals surface area contributed by atoms with Crippen molar-refractivity contribution in [2.45, 2.75) is 55.3 Å². The number of aliphatic hydroxyl groups excluding tert-OH is 1. The maximum Gasteiger partial charge on any atom is 0.522 e. The molecule has 188 valence electrons. The van der Waals surface area contributed by atoms with Gasteiger partial charge in [0.2, 0.25) is 0 Å². The SMILES string of the molecule is O=C(NC12CC(n3cc(N4CC(COC(F)(F)F)C4)cn3)(C1)C2)[C@H]1C[C@@H](O)c2cc(Cl)ccc2O1. The van der Waals surface area contributed by atoms with Crippen molar-refractivity contribution in [1.29, 1.82) is 0 Å². The van der Waals surface area contributed by atoms with Gasteiger partial charge in [0.25, 0.3) is 5.91 Å². The predicted octanol–water partition coefficient (Wildman–Crippen LogP) is 3.14. The van der Waals surface area contributed by atoms with Gasteiger partial charge >= 0.3 is 6.36 Å². The summed E-state index contributed by atoms with van der Waals surface area (Å²) in [6.45, 7) is 0.663. The second-order valence-corrected chi connectivity index (χ2v) is 10.7. The topological polar surface area (TPSA) is 88.9 Å². The first kappa shape index (κ1) is 22.9. The molecular formula is C23H24ClF3N4O4. The molecule has 1 aromatic carbocycles. The number of anilines is 1. The highest BCUT2D eigenvalue weighted by molar-refractivity contribution is 6.30. The fourth-order valence-electron chi connectivity index (χ4n) is 5.86. The number of hydrogen-bond donors (Lipinski definition) is 2. The Balaban J connectivity index is 1.01. The van der Waals surface area contributed by atoms with Crippen LogP contribution in [0.15, 0.2) is 30.6 Å². The Morgan fingerprint density at radius 1 is 1.31 bits per heavy atom. The van der Waals surface area contributed by atoms with Gasteiger partial charge in [0, 0.05) is 47.8 Å². The molecule has 2 bridgehead atoms. The van der Waals surface area contributed by atoms with E-state index in [1.807, 2.05) is 15.8 Å². The van der Waals surface area contributed by atoms with E-state index in [0.717, 1.165) is 24.9 Å². The van der Waals surface area contributed by atoms with Gasteiger partial charge < -0.3 is 20.1 Å². The van der Waals surface area contributed by atoms with Crippen LogP contribution in [0, 0.1) is 5.92 Å². The second kappa shape index (κ2) is 7.75. The Bertz CT molecular complexity index is 1150. The molecule has 0 unspecified atom stereocenters. The van der Waals surface area contributed by atoms with Gasteiger partial charge in [-0.05, 0) is 37.5 Å². The molecule has 3 aliphatic carbocycles. The lowest BCUT2D eigenvalue weighted by Crippen LogP contribution is -2.79. The molecule has 0 spiro atoms. The average molecular weight is 513 g/mol. The van der Waals surface area contributed by atoms with Crippen molar-refractivity contribution >= 4 is 23.2 Å². The van der Waals surface area contributed by atoms with Gasteiger partial charge in [-0.3, -0.25) is 14.2 Å². The second-order valence-electron chi connectivity index (χ2n) is 10.2. The summed E-state index contributed by atoms with van der Waals surface area (Å²) >= 11 is 5.99. The molecule has 2 aromatic rings. The molecule has 1 aromatic heterocycles. The monoisotopic (exact) mass is 512 g/mol. The van der Waals surface area contributed by atoms with Crippen molar-refractivity contribution in [3.05, 3.63) is 41.2 Å². The summed E-state index contributed by atoms with van der Waals surface area (Å²) in [4.78, 5) is 14.9. The van der Waals surface area contributed by atoms with Gasteiger partial charge in [0.15, 0.2) is 6.10 Å². The Morgan fingerprint density at radius 2 is 2.06 bits per heavy atom. The number of halogens is 4. The summed E-state index contributed by atoms with van der Waals surface area (Å²) in [5.41, 5.74) is 1.02. The number of fused-ring (bicyclic) bond motifs is 1. The van der Waals surface area contributed by atoms with Crippen LogP contribution in [-0.4, -0.2) is 58.5 Å². The standard InChI is InChI=1S/C23H24ClF3N4O4/c24-14-1-2-18-16(3-14)17(32)4-19(35-18)20(33)29-21-10-22(11-21,12-21)31-8-15(5-28-31)30-6-13(7-30)9-34-23(25,26)27/h1-3,5,8,13,17,19,32H,4,6-7,9-12H2,(H,29,33)/t17-,19-,21?,22?/m1/s1. The summed E-state index contributed by atoms with van der Waals surface area (Å²) in [6, 6.07) is 4.97. The first-order chi connectivity index (χ1) is 16.5. The summed E-state index contributed by atoms with van der Waals surface area (Å²) in [6.07, 6.45) is -0.141. The minimum atomic E-state index is -4.59. The molecule has 7 rings (SSSR count). The van der Waals surface area contributed by atoms with E-state index < -0.39 is 18.6 Å². The molecular weight excluding hydrogens is 489 g/mol. The van der Waals surface area contributed by atoms with E-state index in [1.165, 1.54) is 0 Å². The predicted molar refractivity (Wildman–Crippen MR) is 118 cm³/mol. The third-order valence-corrected chi connectivity index (χ3v) is 7.82. The Kier molecular flexibility index (Phi) is 5.08. The Hall–Kier alpha value is -2.50. The van der Waals surface area contributed by atoms with Gasteiger partial charge in [-0.25, -0.2) is 0 Å². The van der Waals surface area contributed by atoms with E-state index in [1.54, 1.807) is 24.4 Å². The molecule has 8 nitrogen and oxygen atoms in total. The largest absolute Gasteiger partial charge is 0.522 e. The number of aromatic nitrogens is 2. The van der Waals surface area contributed by atoms with Crippen LogP contribution in [0.1, 0.15) is 37.4 Å². The highest BCUT2D eigenvalue weighted by Gasteiger charge is 2.70. The number of carbonyl (C=O) groups excluding carboxylic acids is 1. The number of amides is 1. The smallest absolute Gasteiger partial charge is 0.480 e. The lowest BCUT2D eigenvalue weighted by Gasteiger charge is -2.70. The molecule has 0 radical (unpaired) electrons.